The summed E-state index contributed by atoms with van der Waals surface area (Å²) in [5, 5.41) is 17.4. The Morgan fingerprint density at radius 3 is 1.90 bits per heavy atom. The van der Waals surface area contributed by atoms with Crippen LogP contribution >= 0.6 is 0 Å². The zero-order valence-corrected chi connectivity index (χ0v) is 5.62. The molecule has 0 aliphatic rings. The molecule has 2 N–H and O–H groups in total. The van der Waals surface area contributed by atoms with Crippen molar-refractivity contribution in [1.29, 1.82) is 0 Å². The largest absolute Gasteiger partial charge is 0.392 e. The van der Waals surface area contributed by atoms with Gasteiger partial charge >= 0.3 is 0 Å². The van der Waals surface area contributed by atoms with Gasteiger partial charge in [-0.2, -0.15) is 0 Å². The molecule has 2 heteroatoms. The van der Waals surface area contributed by atoms with Gasteiger partial charge in [-0.3, -0.25) is 0 Å². The molecule has 0 amide bonds. The molecule has 2 nitrogen and oxygen atoms in total. The molecule has 0 unspecified atom stereocenters. The van der Waals surface area contributed by atoms with Crippen LogP contribution < -0.4 is 0 Å². The van der Waals surface area contributed by atoms with Gasteiger partial charge in [-0.1, -0.05) is 24.3 Å². The Bertz CT molecular complexity index is 189. The van der Waals surface area contributed by atoms with E-state index in [-0.39, 0.29) is 13.2 Å². The van der Waals surface area contributed by atoms with E-state index in [1.165, 1.54) is 0 Å². The molecule has 0 spiro atoms. The lowest BCUT2D eigenvalue weighted by atomic mass is 10.1. The average Bonchev–Trinajstić information content (AvgIpc) is 2.05. The van der Waals surface area contributed by atoms with E-state index < -0.39 is 0 Å². The zero-order valence-electron chi connectivity index (χ0n) is 5.62. The van der Waals surface area contributed by atoms with E-state index >= 15 is 0 Å². The first-order valence-electron chi connectivity index (χ1n) is 3.16. The van der Waals surface area contributed by atoms with Crippen LogP contribution in [0.4, 0.5) is 0 Å². The number of hydrogen-bond acceptors (Lipinski definition) is 2. The molecule has 0 aliphatic carbocycles. The van der Waals surface area contributed by atoms with Crippen molar-refractivity contribution in [1.82, 2.24) is 0 Å². The van der Waals surface area contributed by atoms with Crippen LogP contribution in [0.3, 0.4) is 0 Å². The topological polar surface area (TPSA) is 40.5 Å². The molecule has 0 bridgehead atoms. The van der Waals surface area contributed by atoms with E-state index in [4.69, 9.17) is 10.2 Å². The second-order valence-corrected chi connectivity index (χ2v) is 2.14. The van der Waals surface area contributed by atoms with E-state index in [0.717, 1.165) is 11.1 Å². The second-order valence-electron chi connectivity index (χ2n) is 2.14. The van der Waals surface area contributed by atoms with Crippen LogP contribution in [-0.2, 0) is 13.2 Å². The van der Waals surface area contributed by atoms with Crippen molar-refractivity contribution >= 4 is 0 Å². The minimum absolute atomic E-state index is 0.0356. The number of hydrogen-bond donors (Lipinski definition) is 2. The molecule has 0 heterocycles. The Labute approximate surface area is 59.7 Å². The normalized spacial score (nSPS) is 9.80. The molecule has 0 aliphatic heterocycles. The number of rotatable bonds is 2. The highest BCUT2D eigenvalue weighted by Gasteiger charge is 1.91. The third kappa shape index (κ3) is 1.56. The van der Waals surface area contributed by atoms with Crippen LogP contribution in [0.25, 0.3) is 0 Å². The lowest BCUT2D eigenvalue weighted by molar-refractivity contribution is 0.275. The highest BCUT2D eigenvalue weighted by atomic mass is 16.3. The molecule has 10 heavy (non-hydrogen) atoms. The maximum absolute atomic E-state index is 8.68. The van der Waals surface area contributed by atoms with Crippen molar-refractivity contribution in [3.05, 3.63) is 35.4 Å². The fourth-order valence-corrected chi connectivity index (χ4v) is 0.826. The number of benzene rings is 1. The van der Waals surface area contributed by atoms with Gasteiger partial charge in [0, 0.05) is 0 Å². The molecule has 0 saturated carbocycles. The maximum atomic E-state index is 8.68. The molecule has 54 valence electrons. The van der Waals surface area contributed by atoms with Gasteiger partial charge in [0.1, 0.15) is 0 Å². The molecule has 0 radical (unpaired) electrons. The molecule has 1 aromatic carbocycles. The molecular weight excluding hydrogens is 128 g/mol. The smallest absolute Gasteiger partial charge is 0.0681 e. The van der Waals surface area contributed by atoms with Crippen LogP contribution in [0.2, 0.25) is 0 Å². The number of aliphatic hydroxyl groups excluding tert-OH is 2. The van der Waals surface area contributed by atoms with E-state index in [2.05, 4.69) is 0 Å². The summed E-state index contributed by atoms with van der Waals surface area (Å²) in [4.78, 5) is 0. The van der Waals surface area contributed by atoms with Gasteiger partial charge in [0.05, 0.1) is 13.2 Å². The molecule has 1 aromatic rings. The van der Waals surface area contributed by atoms with Gasteiger partial charge in [-0.25, -0.2) is 0 Å². The lowest BCUT2D eigenvalue weighted by Crippen LogP contribution is -1.86. The fourth-order valence-electron chi connectivity index (χ4n) is 0.826. The summed E-state index contributed by atoms with van der Waals surface area (Å²) in [6.07, 6.45) is 0. The second kappa shape index (κ2) is 3.34. The summed E-state index contributed by atoms with van der Waals surface area (Å²) < 4.78 is 0. The van der Waals surface area contributed by atoms with Crippen molar-refractivity contribution in [2.75, 3.05) is 0 Å². The lowest BCUT2D eigenvalue weighted by Gasteiger charge is -1.97. The fraction of sp³-hybridized carbons (Fsp3) is 0.250. The minimum Gasteiger partial charge on any atom is -0.392 e. The Morgan fingerprint density at radius 2 is 1.50 bits per heavy atom. The summed E-state index contributed by atoms with van der Waals surface area (Å²) in [6, 6.07) is 7.23. The molecule has 0 atom stereocenters. The summed E-state index contributed by atoms with van der Waals surface area (Å²) in [7, 11) is 0. The van der Waals surface area contributed by atoms with Crippen LogP contribution in [0.15, 0.2) is 24.3 Å². The van der Waals surface area contributed by atoms with Crippen molar-refractivity contribution in [3.63, 3.8) is 0 Å². The Balaban J connectivity index is 2.87. The minimum atomic E-state index is 0.0356. The van der Waals surface area contributed by atoms with Crippen LogP contribution in [0.1, 0.15) is 11.1 Å². The van der Waals surface area contributed by atoms with E-state index in [0.29, 0.717) is 0 Å². The highest BCUT2D eigenvalue weighted by molar-refractivity contribution is 5.21. The monoisotopic (exact) mass is 138 g/mol. The SMILES string of the molecule is OCc1cccc(CO)c1. The predicted octanol–water partition coefficient (Wildman–Crippen LogP) is 0.671. The Kier molecular flexibility index (Phi) is 2.42. The molecule has 0 fully saturated rings. The van der Waals surface area contributed by atoms with Crippen molar-refractivity contribution in [2.24, 2.45) is 0 Å². The molecular formula is C8H10O2. The van der Waals surface area contributed by atoms with Crippen molar-refractivity contribution in [2.45, 2.75) is 13.2 Å². The van der Waals surface area contributed by atoms with Gasteiger partial charge in [0.25, 0.3) is 0 Å². The van der Waals surface area contributed by atoms with Gasteiger partial charge in [0.15, 0.2) is 0 Å². The van der Waals surface area contributed by atoms with E-state index in [9.17, 15) is 0 Å². The zero-order chi connectivity index (χ0) is 7.40. The van der Waals surface area contributed by atoms with Gasteiger partial charge in [-0.05, 0) is 11.1 Å². The molecule has 0 saturated heterocycles. The summed E-state index contributed by atoms with van der Waals surface area (Å²) in [5.41, 5.74) is 1.68. The summed E-state index contributed by atoms with van der Waals surface area (Å²) in [6.45, 7) is 0.0711. The molecule has 0 aromatic heterocycles. The quantitative estimate of drug-likeness (QED) is 0.630. The van der Waals surface area contributed by atoms with Crippen LogP contribution in [0, 0.1) is 0 Å². The van der Waals surface area contributed by atoms with Gasteiger partial charge in [0.2, 0.25) is 0 Å². The Hall–Kier alpha value is -0.860. The van der Waals surface area contributed by atoms with Gasteiger partial charge in [-0.15, -0.1) is 0 Å². The first-order valence-corrected chi connectivity index (χ1v) is 3.16. The third-order valence-corrected chi connectivity index (χ3v) is 1.36. The van der Waals surface area contributed by atoms with Gasteiger partial charge < -0.3 is 10.2 Å². The van der Waals surface area contributed by atoms with Crippen LogP contribution in [-0.4, -0.2) is 10.2 Å². The molecule has 1 rings (SSSR count). The maximum Gasteiger partial charge on any atom is 0.0681 e. The Morgan fingerprint density at radius 1 is 1.00 bits per heavy atom. The van der Waals surface area contributed by atoms with Crippen LogP contribution in [0.5, 0.6) is 0 Å². The van der Waals surface area contributed by atoms with Crippen molar-refractivity contribution < 1.29 is 10.2 Å². The summed E-state index contributed by atoms with van der Waals surface area (Å²) in [5.74, 6) is 0. The average molecular weight is 138 g/mol. The van der Waals surface area contributed by atoms with Crippen molar-refractivity contribution in [3.8, 4) is 0 Å². The standard InChI is InChI=1S/C8H10O2/c9-5-7-2-1-3-8(4-7)6-10/h1-4,9-10H,5-6H2. The number of aliphatic hydroxyl groups is 2. The first kappa shape index (κ1) is 7.25. The predicted molar refractivity (Wildman–Crippen MR) is 38.3 cm³/mol. The summed E-state index contributed by atoms with van der Waals surface area (Å²) >= 11 is 0. The highest BCUT2D eigenvalue weighted by Crippen LogP contribution is 2.04. The first-order chi connectivity index (χ1) is 4.86. The van der Waals surface area contributed by atoms with E-state index in [1.807, 2.05) is 18.2 Å². The third-order valence-electron chi connectivity index (χ3n) is 1.36. The van der Waals surface area contributed by atoms with E-state index in [1.54, 1.807) is 6.07 Å².